The van der Waals surface area contributed by atoms with E-state index in [0.717, 1.165) is 6.07 Å². The molecule has 0 fully saturated rings. The molecule has 0 spiro atoms. The quantitative estimate of drug-likeness (QED) is 0.897. The van der Waals surface area contributed by atoms with Gasteiger partial charge in [0.1, 0.15) is 23.2 Å². The summed E-state index contributed by atoms with van der Waals surface area (Å²) in [5.41, 5.74) is -1.19. The van der Waals surface area contributed by atoms with Gasteiger partial charge in [-0.15, -0.1) is 0 Å². The SMILES string of the molecule is CC(C)(C)Oc1ccc(CNc2cnc(C#N)cn2)c(C(F)(F)F)c1. The standard InChI is InChI=1S/C17H17F3N4O/c1-16(2,3)25-13-5-4-11(14(6-13)17(18,19)20)8-23-15-10-22-12(7-21)9-24-15/h4-6,9-10H,8H2,1-3H3,(H,23,24). The number of nitrogens with zero attached hydrogens (tertiary/aromatic N) is 3. The minimum absolute atomic E-state index is 0.0555. The number of benzene rings is 1. The van der Waals surface area contributed by atoms with Crippen LogP contribution in [-0.4, -0.2) is 15.6 Å². The van der Waals surface area contributed by atoms with E-state index < -0.39 is 17.3 Å². The van der Waals surface area contributed by atoms with Crippen LogP contribution in [0.2, 0.25) is 0 Å². The summed E-state index contributed by atoms with van der Waals surface area (Å²) in [6.07, 6.45) is -1.97. The summed E-state index contributed by atoms with van der Waals surface area (Å²) in [5.74, 6) is 0.434. The topological polar surface area (TPSA) is 70.8 Å². The van der Waals surface area contributed by atoms with E-state index in [1.165, 1.54) is 24.5 Å². The van der Waals surface area contributed by atoms with Crippen LogP contribution in [0, 0.1) is 11.3 Å². The van der Waals surface area contributed by atoms with Crippen molar-refractivity contribution in [3.63, 3.8) is 0 Å². The van der Waals surface area contributed by atoms with Crippen LogP contribution in [0.3, 0.4) is 0 Å². The zero-order valence-corrected chi connectivity index (χ0v) is 14.0. The van der Waals surface area contributed by atoms with Crippen LogP contribution in [0.5, 0.6) is 5.75 Å². The lowest BCUT2D eigenvalue weighted by Crippen LogP contribution is -2.23. The minimum atomic E-state index is -4.51. The van der Waals surface area contributed by atoms with Crippen molar-refractivity contribution in [1.29, 1.82) is 5.26 Å². The van der Waals surface area contributed by atoms with Crippen LogP contribution >= 0.6 is 0 Å². The highest BCUT2D eigenvalue weighted by Crippen LogP contribution is 2.35. The first-order valence-corrected chi connectivity index (χ1v) is 7.43. The molecule has 1 aromatic heterocycles. The number of alkyl halides is 3. The number of rotatable bonds is 4. The van der Waals surface area contributed by atoms with Crippen molar-refractivity contribution in [1.82, 2.24) is 9.97 Å². The van der Waals surface area contributed by atoms with Gasteiger partial charge in [-0.2, -0.15) is 18.4 Å². The van der Waals surface area contributed by atoms with E-state index in [0.29, 0.717) is 0 Å². The Labute approximate surface area is 143 Å². The summed E-state index contributed by atoms with van der Waals surface area (Å²) in [5, 5.41) is 11.4. The zero-order chi connectivity index (χ0) is 18.7. The number of ether oxygens (including phenoxy) is 1. The normalized spacial score (nSPS) is 11.7. The van der Waals surface area contributed by atoms with Crippen LogP contribution in [0.25, 0.3) is 0 Å². The lowest BCUT2D eigenvalue weighted by molar-refractivity contribution is -0.138. The average molecular weight is 350 g/mol. The van der Waals surface area contributed by atoms with E-state index >= 15 is 0 Å². The number of halogens is 3. The fraction of sp³-hybridized carbons (Fsp3) is 0.353. The predicted molar refractivity (Wildman–Crippen MR) is 85.9 cm³/mol. The van der Waals surface area contributed by atoms with E-state index in [-0.39, 0.29) is 29.4 Å². The Balaban J connectivity index is 2.22. The Morgan fingerprint density at radius 3 is 2.40 bits per heavy atom. The third kappa shape index (κ3) is 5.35. The minimum Gasteiger partial charge on any atom is -0.488 e. The molecule has 2 rings (SSSR count). The summed E-state index contributed by atoms with van der Waals surface area (Å²) in [6, 6.07) is 5.68. The van der Waals surface area contributed by atoms with Gasteiger partial charge >= 0.3 is 6.18 Å². The summed E-state index contributed by atoms with van der Waals surface area (Å²) in [7, 11) is 0. The monoisotopic (exact) mass is 350 g/mol. The number of nitriles is 1. The highest BCUT2D eigenvalue weighted by Gasteiger charge is 2.34. The molecule has 1 N–H and O–H groups in total. The predicted octanol–water partition coefficient (Wildman–Crippen LogP) is 4.16. The van der Waals surface area contributed by atoms with E-state index in [1.807, 2.05) is 6.07 Å². The smallest absolute Gasteiger partial charge is 0.416 e. The van der Waals surface area contributed by atoms with Crippen LogP contribution < -0.4 is 10.1 Å². The average Bonchev–Trinajstić information content (AvgIpc) is 2.51. The third-order valence-electron chi connectivity index (χ3n) is 3.04. The van der Waals surface area contributed by atoms with Crippen molar-refractivity contribution in [3.05, 3.63) is 47.4 Å². The van der Waals surface area contributed by atoms with E-state index in [4.69, 9.17) is 10.00 Å². The van der Waals surface area contributed by atoms with Gasteiger partial charge in [0.25, 0.3) is 0 Å². The van der Waals surface area contributed by atoms with Crippen molar-refractivity contribution in [2.24, 2.45) is 0 Å². The Bertz CT molecular complexity index is 774. The fourth-order valence-corrected chi connectivity index (χ4v) is 2.05. The van der Waals surface area contributed by atoms with Crippen LogP contribution in [0.15, 0.2) is 30.6 Å². The summed E-state index contributed by atoms with van der Waals surface area (Å²) < 4.78 is 45.5. The molecule has 25 heavy (non-hydrogen) atoms. The van der Waals surface area contributed by atoms with E-state index in [9.17, 15) is 13.2 Å². The molecule has 5 nitrogen and oxygen atoms in total. The van der Waals surface area contributed by atoms with Gasteiger partial charge in [-0.05, 0) is 38.5 Å². The van der Waals surface area contributed by atoms with Gasteiger partial charge in [0.2, 0.25) is 0 Å². The zero-order valence-electron chi connectivity index (χ0n) is 14.0. The van der Waals surface area contributed by atoms with Gasteiger partial charge in [0, 0.05) is 6.54 Å². The third-order valence-corrected chi connectivity index (χ3v) is 3.04. The van der Waals surface area contributed by atoms with Gasteiger partial charge in [-0.3, -0.25) is 0 Å². The summed E-state index contributed by atoms with van der Waals surface area (Å²) >= 11 is 0. The second kappa shape index (κ2) is 6.97. The molecule has 0 bridgehead atoms. The second-order valence-electron chi connectivity index (χ2n) is 6.28. The molecule has 0 atom stereocenters. The molecule has 132 valence electrons. The maximum Gasteiger partial charge on any atom is 0.416 e. The highest BCUT2D eigenvalue weighted by molar-refractivity contribution is 5.41. The molecule has 0 saturated heterocycles. The molecule has 2 aromatic rings. The largest absolute Gasteiger partial charge is 0.488 e. The molecule has 0 unspecified atom stereocenters. The molecule has 1 aromatic carbocycles. The number of aromatic nitrogens is 2. The molecular formula is C17H17F3N4O. The first kappa shape index (κ1) is 18.5. The van der Waals surface area contributed by atoms with Crippen molar-refractivity contribution in [3.8, 4) is 11.8 Å². The maximum absolute atomic E-state index is 13.3. The number of hydrogen-bond donors (Lipinski definition) is 1. The van der Waals surface area contributed by atoms with Crippen molar-refractivity contribution in [2.45, 2.75) is 39.1 Å². The van der Waals surface area contributed by atoms with Crippen molar-refractivity contribution in [2.75, 3.05) is 5.32 Å². The van der Waals surface area contributed by atoms with Gasteiger partial charge in [-0.1, -0.05) is 6.07 Å². The molecule has 0 aliphatic heterocycles. The summed E-state index contributed by atoms with van der Waals surface area (Å²) in [4.78, 5) is 7.73. The Morgan fingerprint density at radius 1 is 1.16 bits per heavy atom. The lowest BCUT2D eigenvalue weighted by Gasteiger charge is -2.23. The first-order valence-electron chi connectivity index (χ1n) is 7.43. The van der Waals surface area contributed by atoms with E-state index in [1.54, 1.807) is 20.8 Å². The molecule has 0 saturated carbocycles. The Kier molecular flexibility index (Phi) is 5.16. The molecule has 8 heteroatoms. The Morgan fingerprint density at radius 2 is 1.88 bits per heavy atom. The lowest BCUT2D eigenvalue weighted by atomic mass is 10.1. The molecule has 1 heterocycles. The second-order valence-corrected chi connectivity index (χ2v) is 6.28. The maximum atomic E-state index is 13.3. The fourth-order valence-electron chi connectivity index (χ4n) is 2.05. The molecule has 0 aliphatic rings. The molecule has 0 radical (unpaired) electrons. The molecule has 0 aliphatic carbocycles. The highest BCUT2D eigenvalue weighted by atomic mass is 19.4. The number of nitrogens with one attached hydrogen (secondary N) is 1. The molecular weight excluding hydrogens is 333 g/mol. The number of hydrogen-bond acceptors (Lipinski definition) is 5. The first-order chi connectivity index (χ1) is 11.6. The molecule has 0 amide bonds. The van der Waals surface area contributed by atoms with Gasteiger partial charge in [0.05, 0.1) is 18.0 Å². The summed E-state index contributed by atoms with van der Waals surface area (Å²) in [6.45, 7) is 5.20. The van der Waals surface area contributed by atoms with Crippen LogP contribution in [0.4, 0.5) is 19.0 Å². The van der Waals surface area contributed by atoms with Crippen LogP contribution in [0.1, 0.15) is 37.6 Å². The number of anilines is 1. The van der Waals surface area contributed by atoms with Gasteiger partial charge < -0.3 is 10.1 Å². The van der Waals surface area contributed by atoms with E-state index in [2.05, 4.69) is 15.3 Å². The van der Waals surface area contributed by atoms with Crippen molar-refractivity contribution < 1.29 is 17.9 Å². The Hall–Kier alpha value is -2.82. The van der Waals surface area contributed by atoms with Gasteiger partial charge in [0.15, 0.2) is 5.69 Å². The van der Waals surface area contributed by atoms with Crippen LogP contribution in [-0.2, 0) is 12.7 Å². The van der Waals surface area contributed by atoms with Crippen molar-refractivity contribution >= 4 is 5.82 Å². The van der Waals surface area contributed by atoms with Gasteiger partial charge in [-0.25, -0.2) is 9.97 Å².